The van der Waals surface area contributed by atoms with Gasteiger partial charge in [-0.3, -0.25) is 0 Å². The Morgan fingerprint density at radius 1 is 2.00 bits per heavy atom. The fourth-order valence-electron chi connectivity index (χ4n) is 0. The van der Waals surface area contributed by atoms with E-state index >= 15 is 0 Å². The second kappa shape index (κ2) is 2.34. The molecule has 0 rings (SSSR count). The van der Waals surface area contributed by atoms with E-state index in [2.05, 4.69) is 11.7 Å². The lowest BCUT2D eigenvalue weighted by molar-refractivity contribution is 1.56. The molecule has 0 aliphatic carbocycles. The highest BCUT2D eigenvalue weighted by molar-refractivity contribution is 4.57. The van der Waals surface area contributed by atoms with Gasteiger partial charge in [0.05, 0.1) is 0 Å². The maximum absolute atomic E-state index is 7.38. The molecular formula is C2H3N2-. The van der Waals surface area contributed by atoms with Gasteiger partial charge in [-0.25, -0.2) is 0 Å². The molecule has 0 fully saturated rings. The molecule has 0 radical (unpaired) electrons. The summed E-state index contributed by atoms with van der Waals surface area (Å²) in [5.41, 5.74) is 7.38. The number of nitrogens with zero attached hydrogens (tertiary/aromatic N) is 2. The summed E-state index contributed by atoms with van der Waals surface area (Å²) < 4.78 is 0. The summed E-state index contributed by atoms with van der Waals surface area (Å²) >= 11 is 0. The van der Waals surface area contributed by atoms with Gasteiger partial charge in [-0.1, -0.05) is 6.58 Å². The summed E-state index contributed by atoms with van der Waals surface area (Å²) in [6, 6.07) is 0. The van der Waals surface area contributed by atoms with Crippen molar-refractivity contribution in [2.75, 3.05) is 0 Å². The number of hydrogen-bond donors (Lipinski definition) is 0. The van der Waals surface area contributed by atoms with Gasteiger partial charge in [0.15, 0.2) is 0 Å². The molecule has 0 amide bonds. The molecule has 2 nitrogen and oxygen atoms in total. The molecule has 0 saturated heterocycles. The van der Waals surface area contributed by atoms with Crippen LogP contribution >= 0.6 is 0 Å². The Labute approximate surface area is 24.7 Å². The van der Waals surface area contributed by atoms with E-state index < -0.39 is 0 Å². The standard InChI is InChI=1S/C2H3N2/c1-2-4-3/h2H,1H2/q-1. The first kappa shape index (κ1) is 3.34. The molecule has 0 atom stereocenters. The second-order valence-electron chi connectivity index (χ2n) is 0.298. The Kier molecular flexibility index (Phi) is 1.95. The van der Waals surface area contributed by atoms with E-state index in [1.807, 2.05) is 0 Å². The van der Waals surface area contributed by atoms with Gasteiger partial charge >= 0.3 is 0 Å². The van der Waals surface area contributed by atoms with E-state index in [0.717, 1.165) is 6.20 Å². The van der Waals surface area contributed by atoms with Crippen molar-refractivity contribution in [1.29, 1.82) is 0 Å². The molecule has 0 aliphatic rings. The monoisotopic (exact) mass is 55.0 g/mol. The molecule has 2 heteroatoms. The van der Waals surface area contributed by atoms with Crippen molar-refractivity contribution in [3.05, 3.63) is 18.3 Å². The first-order valence-electron chi connectivity index (χ1n) is 0.866. The van der Waals surface area contributed by atoms with Crippen LogP contribution in [0.5, 0.6) is 0 Å². The molecule has 0 spiro atoms. The Balaban J connectivity index is 2.73. The van der Waals surface area contributed by atoms with Crippen LogP contribution < -0.4 is 0 Å². The van der Waals surface area contributed by atoms with Crippen molar-refractivity contribution >= 4 is 0 Å². The van der Waals surface area contributed by atoms with Crippen molar-refractivity contribution in [1.82, 2.24) is 0 Å². The van der Waals surface area contributed by atoms with Crippen LogP contribution in [0.4, 0.5) is 0 Å². The molecule has 0 aromatic carbocycles. The van der Waals surface area contributed by atoms with Crippen LogP contribution in [-0.2, 0) is 0 Å². The molecule has 0 aromatic heterocycles. The minimum absolute atomic E-state index is 1.06. The molecule has 0 heterocycles. The largest absolute Gasteiger partial charge is 0.707 e. The average Bonchev–Trinajstić information content (AvgIpc) is 1.37. The number of hydrogen-bond acceptors (Lipinski definition) is 1. The van der Waals surface area contributed by atoms with Crippen molar-refractivity contribution < 1.29 is 0 Å². The summed E-state index contributed by atoms with van der Waals surface area (Å²) in [6.45, 7) is 3.06. The van der Waals surface area contributed by atoms with Gasteiger partial charge < -0.3 is 10.6 Å². The minimum atomic E-state index is 1.06. The lowest BCUT2D eigenvalue weighted by Crippen LogP contribution is -1.19. The van der Waals surface area contributed by atoms with E-state index in [1.165, 1.54) is 0 Å². The molecule has 4 heavy (non-hydrogen) atoms. The van der Waals surface area contributed by atoms with Crippen molar-refractivity contribution in [2.45, 2.75) is 0 Å². The van der Waals surface area contributed by atoms with E-state index in [0.29, 0.717) is 0 Å². The Morgan fingerprint density at radius 3 is 2.25 bits per heavy atom. The first-order valence-corrected chi connectivity index (χ1v) is 0.866. The van der Waals surface area contributed by atoms with E-state index in [9.17, 15) is 0 Å². The third kappa shape index (κ3) is 1.34. The van der Waals surface area contributed by atoms with Crippen LogP contribution in [-0.4, -0.2) is 0 Å². The zero-order chi connectivity index (χ0) is 3.41. The van der Waals surface area contributed by atoms with Crippen molar-refractivity contribution in [3.8, 4) is 0 Å². The SMILES string of the molecule is C=CN=[N-]. The van der Waals surface area contributed by atoms with Gasteiger partial charge in [0.25, 0.3) is 0 Å². The highest BCUT2D eigenvalue weighted by Gasteiger charge is 1.17. The zero-order valence-corrected chi connectivity index (χ0v) is 2.18. The fraction of sp³-hybridized carbons (Fsp3) is 0. The molecular weight excluding hydrogens is 52.0 g/mol. The van der Waals surface area contributed by atoms with Gasteiger partial charge in [0.1, 0.15) is 0 Å². The average molecular weight is 55.1 g/mol. The van der Waals surface area contributed by atoms with E-state index in [-0.39, 0.29) is 0 Å². The molecule has 0 aromatic rings. The molecule has 0 saturated carbocycles. The third-order valence-electron chi connectivity index (χ3n) is 0.0816. The van der Waals surface area contributed by atoms with Gasteiger partial charge in [-0.15, -0.1) is 0 Å². The quantitative estimate of drug-likeness (QED) is 0.403. The van der Waals surface area contributed by atoms with Crippen LogP contribution in [0.25, 0.3) is 5.53 Å². The summed E-state index contributed by atoms with van der Waals surface area (Å²) in [7, 11) is 0. The second-order valence-corrected chi connectivity index (χ2v) is 0.298. The maximum Gasteiger partial charge on any atom is -0.00516 e. The number of rotatable bonds is 1. The maximum atomic E-state index is 7.38. The predicted octanol–water partition coefficient (Wildman–Crippen LogP) is 1.15. The highest BCUT2D eigenvalue weighted by atomic mass is 14.9. The normalized spacial score (nSPS) is 5.00. The molecule has 0 bridgehead atoms. The van der Waals surface area contributed by atoms with Crippen molar-refractivity contribution in [2.24, 2.45) is 5.11 Å². The smallest absolute Gasteiger partial charge is 0.00516 e. The highest BCUT2D eigenvalue weighted by Crippen LogP contribution is 1.55. The molecule has 22 valence electrons. The summed E-state index contributed by atoms with van der Waals surface area (Å²) in [5.74, 6) is 0. The minimum Gasteiger partial charge on any atom is -0.707 e. The molecule has 0 N–H and O–H groups in total. The molecule has 0 unspecified atom stereocenters. The van der Waals surface area contributed by atoms with Crippen LogP contribution in [0.15, 0.2) is 17.9 Å². The van der Waals surface area contributed by atoms with Gasteiger partial charge in [0.2, 0.25) is 0 Å². The van der Waals surface area contributed by atoms with Crippen LogP contribution in [0.2, 0.25) is 0 Å². The van der Waals surface area contributed by atoms with Gasteiger partial charge in [0, 0.05) is 0 Å². The van der Waals surface area contributed by atoms with E-state index in [1.54, 1.807) is 0 Å². The van der Waals surface area contributed by atoms with E-state index in [4.69, 9.17) is 5.53 Å². The summed E-state index contributed by atoms with van der Waals surface area (Å²) in [6.07, 6.45) is 1.06. The lowest BCUT2D eigenvalue weighted by atomic mass is 11.1. The fourth-order valence-corrected chi connectivity index (χ4v) is 0. The van der Waals surface area contributed by atoms with Crippen LogP contribution in [0.1, 0.15) is 0 Å². The Hall–Kier alpha value is -0.660. The third-order valence-corrected chi connectivity index (χ3v) is 0.0816. The summed E-state index contributed by atoms with van der Waals surface area (Å²) in [4.78, 5) is 0. The van der Waals surface area contributed by atoms with Crippen LogP contribution in [0, 0.1) is 0 Å². The van der Waals surface area contributed by atoms with Gasteiger partial charge in [-0.2, -0.15) is 0 Å². The van der Waals surface area contributed by atoms with Gasteiger partial charge in [-0.05, 0) is 6.20 Å². The Bertz CT molecular complexity index is 25.0. The topological polar surface area (TPSA) is 34.7 Å². The van der Waals surface area contributed by atoms with Crippen molar-refractivity contribution in [3.63, 3.8) is 0 Å². The molecule has 0 aliphatic heterocycles. The Morgan fingerprint density at radius 2 is 2.25 bits per heavy atom. The van der Waals surface area contributed by atoms with Crippen LogP contribution in [0.3, 0.4) is 0 Å². The lowest BCUT2D eigenvalue weighted by Gasteiger charge is -1.66. The zero-order valence-electron chi connectivity index (χ0n) is 2.18. The summed E-state index contributed by atoms with van der Waals surface area (Å²) in [5, 5.41) is 2.50. The predicted molar refractivity (Wildman–Crippen MR) is 16.0 cm³/mol. The first-order chi connectivity index (χ1) is 1.91.